The van der Waals surface area contributed by atoms with Gasteiger partial charge in [0.05, 0.1) is 13.2 Å². The maximum absolute atomic E-state index is 13.1. The molecule has 2 atom stereocenters. The Morgan fingerprint density at radius 1 is 1.18 bits per heavy atom. The van der Waals surface area contributed by atoms with Crippen LogP contribution in [-0.4, -0.2) is 56.5 Å². The topological polar surface area (TPSA) is 85.7 Å². The van der Waals surface area contributed by atoms with Gasteiger partial charge in [0.2, 0.25) is 11.8 Å². The Bertz CT molecular complexity index is 737. The molecule has 1 aliphatic heterocycles. The van der Waals surface area contributed by atoms with E-state index in [9.17, 15) is 9.59 Å². The Labute approximate surface area is 166 Å². The molecule has 2 fully saturated rings. The van der Waals surface area contributed by atoms with E-state index in [-0.39, 0.29) is 30.2 Å². The Kier molecular flexibility index (Phi) is 6.75. The highest BCUT2D eigenvalue weighted by Crippen LogP contribution is 2.32. The molecule has 1 saturated heterocycles. The summed E-state index contributed by atoms with van der Waals surface area (Å²) in [6.07, 6.45) is 3.40. The maximum Gasteiger partial charge on any atom is 0.226 e. The summed E-state index contributed by atoms with van der Waals surface area (Å²) in [6.45, 7) is 2.82. The molecule has 3 rings (SSSR count). The van der Waals surface area contributed by atoms with Gasteiger partial charge in [-0.05, 0) is 25.0 Å². The number of anilines is 1. The molecule has 2 amide bonds. The first-order chi connectivity index (χ1) is 13.6. The zero-order chi connectivity index (χ0) is 19.9. The summed E-state index contributed by atoms with van der Waals surface area (Å²) in [5.74, 6) is 0.169. The summed E-state index contributed by atoms with van der Waals surface area (Å²) in [4.78, 5) is 29.7. The normalized spacial score (nSPS) is 22.3. The molecular formula is C21H28N4O3. The molecule has 1 heterocycles. The number of piperazine rings is 1. The first-order valence-corrected chi connectivity index (χ1v) is 9.96. The molecule has 150 valence electrons. The predicted octanol–water partition coefficient (Wildman–Crippen LogP) is 1.79. The first kappa shape index (κ1) is 20.0. The van der Waals surface area contributed by atoms with Crippen LogP contribution in [0.25, 0.3) is 0 Å². The molecule has 1 aliphatic carbocycles. The fourth-order valence-electron chi connectivity index (χ4n) is 4.22. The highest BCUT2D eigenvalue weighted by atomic mass is 16.5. The molecule has 0 radical (unpaired) electrons. The van der Waals surface area contributed by atoms with Gasteiger partial charge in [0, 0.05) is 49.8 Å². The number of hydrogen-bond donors (Lipinski definition) is 1. The maximum atomic E-state index is 13.1. The van der Waals surface area contributed by atoms with Crippen molar-refractivity contribution in [2.75, 3.05) is 44.7 Å². The number of methoxy groups -OCH3 is 1. The van der Waals surface area contributed by atoms with Crippen LogP contribution in [0, 0.1) is 23.2 Å². The van der Waals surface area contributed by atoms with E-state index in [1.165, 1.54) is 0 Å². The van der Waals surface area contributed by atoms with Gasteiger partial charge in [0.15, 0.2) is 0 Å². The average molecular weight is 384 g/mol. The van der Waals surface area contributed by atoms with Gasteiger partial charge in [0.25, 0.3) is 0 Å². The summed E-state index contributed by atoms with van der Waals surface area (Å²) in [5, 5.41) is 11.3. The third-order valence-electron chi connectivity index (χ3n) is 5.77. The van der Waals surface area contributed by atoms with E-state index in [1.807, 2.05) is 29.2 Å². The lowest BCUT2D eigenvalue weighted by Gasteiger charge is -2.39. The van der Waals surface area contributed by atoms with Crippen molar-refractivity contribution >= 4 is 17.5 Å². The molecule has 1 aromatic carbocycles. The molecule has 2 aliphatic rings. The second-order valence-corrected chi connectivity index (χ2v) is 7.39. The van der Waals surface area contributed by atoms with Gasteiger partial charge in [-0.3, -0.25) is 9.59 Å². The molecule has 7 nitrogen and oxygen atoms in total. The van der Waals surface area contributed by atoms with Crippen LogP contribution in [0.4, 0.5) is 5.69 Å². The highest BCUT2D eigenvalue weighted by Gasteiger charge is 2.38. The molecule has 0 unspecified atom stereocenters. The fourth-order valence-corrected chi connectivity index (χ4v) is 4.22. The summed E-state index contributed by atoms with van der Waals surface area (Å²) >= 11 is 0. The van der Waals surface area contributed by atoms with E-state index in [0.29, 0.717) is 13.1 Å². The van der Waals surface area contributed by atoms with E-state index in [1.54, 1.807) is 7.11 Å². The van der Waals surface area contributed by atoms with Gasteiger partial charge in [0.1, 0.15) is 12.3 Å². The SMILES string of the molecule is COc1cccc(N2CCN(C(=O)[C@@H]3CCCC[C@H]3C(=O)NCC#N)CC2)c1. The number of hydrogen-bond acceptors (Lipinski definition) is 5. The molecule has 1 N–H and O–H groups in total. The number of benzene rings is 1. The van der Waals surface area contributed by atoms with Gasteiger partial charge >= 0.3 is 0 Å². The molecule has 7 heteroatoms. The van der Waals surface area contributed by atoms with Crippen molar-refractivity contribution in [1.29, 1.82) is 5.26 Å². The summed E-state index contributed by atoms with van der Waals surface area (Å²) < 4.78 is 5.30. The summed E-state index contributed by atoms with van der Waals surface area (Å²) in [7, 11) is 1.66. The Morgan fingerprint density at radius 3 is 2.57 bits per heavy atom. The Hall–Kier alpha value is -2.75. The minimum atomic E-state index is -0.314. The zero-order valence-corrected chi connectivity index (χ0v) is 16.4. The lowest BCUT2D eigenvalue weighted by molar-refractivity contribution is -0.143. The van der Waals surface area contributed by atoms with Crippen molar-refractivity contribution in [3.8, 4) is 11.8 Å². The van der Waals surface area contributed by atoms with Crippen LogP contribution in [0.3, 0.4) is 0 Å². The predicted molar refractivity (Wildman–Crippen MR) is 106 cm³/mol. The molecule has 1 saturated carbocycles. The first-order valence-electron chi connectivity index (χ1n) is 9.96. The van der Waals surface area contributed by atoms with Crippen molar-refractivity contribution in [2.45, 2.75) is 25.7 Å². The van der Waals surface area contributed by atoms with Gasteiger partial charge in [-0.25, -0.2) is 0 Å². The van der Waals surface area contributed by atoms with Gasteiger partial charge in [-0.1, -0.05) is 18.9 Å². The van der Waals surface area contributed by atoms with Crippen LogP contribution in [-0.2, 0) is 9.59 Å². The van der Waals surface area contributed by atoms with Crippen LogP contribution in [0.1, 0.15) is 25.7 Å². The fraction of sp³-hybridized carbons (Fsp3) is 0.571. The number of carbonyl (C=O) groups excluding carboxylic acids is 2. The van der Waals surface area contributed by atoms with Gasteiger partial charge in [-0.2, -0.15) is 5.26 Å². The van der Waals surface area contributed by atoms with Crippen LogP contribution < -0.4 is 15.0 Å². The van der Waals surface area contributed by atoms with E-state index in [4.69, 9.17) is 10.00 Å². The lowest BCUT2D eigenvalue weighted by atomic mass is 9.77. The number of nitriles is 1. The van der Waals surface area contributed by atoms with Crippen molar-refractivity contribution in [3.63, 3.8) is 0 Å². The number of ether oxygens (including phenoxy) is 1. The Morgan fingerprint density at radius 2 is 1.89 bits per heavy atom. The van der Waals surface area contributed by atoms with Gasteiger partial charge in [-0.15, -0.1) is 0 Å². The number of nitrogens with one attached hydrogen (secondary N) is 1. The zero-order valence-electron chi connectivity index (χ0n) is 16.4. The largest absolute Gasteiger partial charge is 0.497 e. The van der Waals surface area contributed by atoms with E-state index in [0.717, 1.165) is 50.2 Å². The quantitative estimate of drug-likeness (QED) is 0.783. The standard InChI is InChI=1S/C21H28N4O3/c1-28-17-6-4-5-16(15-17)24-11-13-25(14-12-24)21(27)19-8-3-2-7-18(19)20(26)23-10-9-22/h4-6,15,18-19H,2-3,7-8,10-14H2,1H3,(H,23,26)/t18-,19-/m1/s1. The molecule has 0 spiro atoms. The number of carbonyl (C=O) groups is 2. The van der Waals surface area contributed by atoms with Crippen LogP contribution >= 0.6 is 0 Å². The number of amides is 2. The molecule has 0 aromatic heterocycles. The van der Waals surface area contributed by atoms with Crippen LogP contribution in [0.5, 0.6) is 5.75 Å². The minimum Gasteiger partial charge on any atom is -0.497 e. The number of nitrogens with zero attached hydrogens (tertiary/aromatic N) is 3. The molecule has 1 aromatic rings. The molecule has 28 heavy (non-hydrogen) atoms. The second-order valence-electron chi connectivity index (χ2n) is 7.39. The lowest BCUT2D eigenvalue weighted by Crippen LogP contribution is -2.52. The molecule has 0 bridgehead atoms. The minimum absolute atomic E-state index is 0.00451. The monoisotopic (exact) mass is 384 g/mol. The van der Waals surface area contributed by atoms with Gasteiger partial charge < -0.3 is 19.9 Å². The second kappa shape index (κ2) is 9.45. The molecular weight excluding hydrogens is 356 g/mol. The van der Waals surface area contributed by atoms with E-state index < -0.39 is 0 Å². The summed E-state index contributed by atoms with van der Waals surface area (Å²) in [6, 6.07) is 9.88. The van der Waals surface area contributed by atoms with Crippen molar-refractivity contribution < 1.29 is 14.3 Å². The van der Waals surface area contributed by atoms with E-state index >= 15 is 0 Å². The van der Waals surface area contributed by atoms with Crippen molar-refractivity contribution in [1.82, 2.24) is 10.2 Å². The Balaban J connectivity index is 1.60. The third-order valence-corrected chi connectivity index (χ3v) is 5.77. The highest BCUT2D eigenvalue weighted by molar-refractivity contribution is 5.88. The third kappa shape index (κ3) is 4.56. The van der Waals surface area contributed by atoms with Crippen molar-refractivity contribution in [2.24, 2.45) is 11.8 Å². The van der Waals surface area contributed by atoms with Crippen molar-refractivity contribution in [3.05, 3.63) is 24.3 Å². The smallest absolute Gasteiger partial charge is 0.226 e. The van der Waals surface area contributed by atoms with E-state index in [2.05, 4.69) is 16.3 Å². The average Bonchev–Trinajstić information content (AvgIpc) is 2.77. The van der Waals surface area contributed by atoms with Crippen LogP contribution in [0.15, 0.2) is 24.3 Å². The number of rotatable bonds is 5. The summed E-state index contributed by atoms with van der Waals surface area (Å²) in [5.41, 5.74) is 1.10. The van der Waals surface area contributed by atoms with Crippen LogP contribution in [0.2, 0.25) is 0 Å².